The van der Waals surface area contributed by atoms with Crippen molar-refractivity contribution < 1.29 is 19.1 Å². The molecule has 1 aromatic carbocycles. The van der Waals surface area contributed by atoms with Crippen molar-refractivity contribution in [1.82, 2.24) is 9.88 Å². The summed E-state index contributed by atoms with van der Waals surface area (Å²) in [4.78, 5) is 8.02. The first-order valence-electron chi connectivity index (χ1n) is 9.51. The fraction of sp³-hybridized carbons (Fsp3) is 0.400. The second kappa shape index (κ2) is 8.38. The van der Waals surface area contributed by atoms with Gasteiger partial charge in [0.05, 0.1) is 37.6 Å². The van der Waals surface area contributed by atoms with Crippen LogP contribution in [0.5, 0.6) is 0 Å². The van der Waals surface area contributed by atoms with Crippen molar-refractivity contribution in [3.05, 3.63) is 46.2 Å². The van der Waals surface area contributed by atoms with E-state index in [4.69, 9.17) is 10.1 Å². The number of rotatable bonds is 6. The first kappa shape index (κ1) is 19.0. The summed E-state index contributed by atoms with van der Waals surface area (Å²) in [6, 6.07) is 6.17. The molecule has 1 fully saturated rings. The summed E-state index contributed by atoms with van der Waals surface area (Å²) >= 11 is 1.39. The molecule has 0 amide bonds. The molecule has 0 saturated carbocycles. The number of halogens is 1. The summed E-state index contributed by atoms with van der Waals surface area (Å²) < 4.78 is 18.5. The molecule has 8 heteroatoms. The number of nitrogens with one attached hydrogen (secondary N) is 2. The number of aromatic nitrogens is 1. The van der Waals surface area contributed by atoms with Crippen molar-refractivity contribution >= 4 is 22.7 Å². The first-order valence-corrected chi connectivity index (χ1v) is 10.4. The lowest BCUT2D eigenvalue weighted by molar-refractivity contribution is -0.908. The molecule has 4 rings (SSSR count). The number of ether oxygens (including phenoxy) is 1. The van der Waals surface area contributed by atoms with Crippen molar-refractivity contribution in [3.8, 4) is 11.3 Å². The Bertz CT molecular complexity index is 875. The SMILES string of the molecule is N=C1C(c2nc(-c3ccc(F)cc3)cs2)=C(O)CN1CCC[NH+]1CCOCC1. The summed E-state index contributed by atoms with van der Waals surface area (Å²) in [7, 11) is 0. The standard InChI is InChI=1S/C20H23FN4O2S/c21-15-4-2-14(3-5-15)16-13-28-20(23-16)18-17(26)12-25(19(18)22)7-1-6-24-8-10-27-11-9-24/h2-5,13,22,26H,1,6-12H2/p+1. The number of thiazole rings is 1. The molecule has 0 atom stereocenters. The predicted octanol–water partition coefficient (Wildman–Crippen LogP) is 1.82. The highest BCUT2D eigenvalue weighted by atomic mass is 32.1. The molecule has 1 saturated heterocycles. The van der Waals surface area contributed by atoms with Crippen LogP contribution in [0.2, 0.25) is 0 Å². The number of hydrogen-bond donors (Lipinski definition) is 3. The Hall–Kier alpha value is -2.29. The van der Waals surface area contributed by atoms with Gasteiger partial charge < -0.3 is 19.6 Å². The molecular formula is C20H24FN4O2S+. The first-order chi connectivity index (χ1) is 13.6. The van der Waals surface area contributed by atoms with Gasteiger partial charge in [-0.3, -0.25) is 5.41 Å². The Morgan fingerprint density at radius 3 is 2.75 bits per heavy atom. The summed E-state index contributed by atoms with van der Waals surface area (Å²) in [5.74, 6) is 0.241. The maximum Gasteiger partial charge on any atom is 0.135 e. The van der Waals surface area contributed by atoms with E-state index in [1.54, 1.807) is 17.0 Å². The van der Waals surface area contributed by atoms with Crippen LogP contribution in [0, 0.1) is 11.2 Å². The molecule has 1 aromatic heterocycles. The number of quaternary nitrogens is 1. The van der Waals surface area contributed by atoms with Crippen LogP contribution in [0.25, 0.3) is 16.8 Å². The van der Waals surface area contributed by atoms with E-state index in [0.29, 0.717) is 23.0 Å². The number of hydrogen-bond acceptors (Lipinski definition) is 5. The van der Waals surface area contributed by atoms with Gasteiger partial charge in [0.2, 0.25) is 0 Å². The molecule has 6 nitrogen and oxygen atoms in total. The molecule has 148 valence electrons. The van der Waals surface area contributed by atoms with Gasteiger partial charge in [-0.25, -0.2) is 9.37 Å². The van der Waals surface area contributed by atoms with Gasteiger partial charge >= 0.3 is 0 Å². The van der Waals surface area contributed by atoms with Crippen molar-refractivity contribution in [3.63, 3.8) is 0 Å². The highest BCUT2D eigenvalue weighted by Gasteiger charge is 2.30. The van der Waals surface area contributed by atoms with E-state index in [2.05, 4.69) is 4.98 Å². The van der Waals surface area contributed by atoms with Crippen molar-refractivity contribution in [1.29, 1.82) is 5.41 Å². The molecule has 0 unspecified atom stereocenters. The summed E-state index contributed by atoms with van der Waals surface area (Å²) in [5, 5.41) is 21.4. The minimum Gasteiger partial charge on any atom is -0.510 e. The van der Waals surface area contributed by atoms with E-state index in [0.717, 1.165) is 57.1 Å². The van der Waals surface area contributed by atoms with E-state index < -0.39 is 0 Å². The number of nitrogens with zero attached hydrogens (tertiary/aromatic N) is 2. The highest BCUT2D eigenvalue weighted by Crippen LogP contribution is 2.32. The van der Waals surface area contributed by atoms with Gasteiger partial charge in [0.1, 0.15) is 35.5 Å². The third-order valence-electron chi connectivity index (χ3n) is 5.20. The lowest BCUT2D eigenvalue weighted by atomic mass is 10.2. The molecule has 0 aliphatic carbocycles. The Balaban J connectivity index is 1.39. The summed E-state index contributed by atoms with van der Waals surface area (Å²) in [6.45, 7) is 5.87. The van der Waals surface area contributed by atoms with Crippen LogP contribution in [-0.2, 0) is 4.74 Å². The second-order valence-electron chi connectivity index (χ2n) is 7.10. The average Bonchev–Trinajstić information content (AvgIpc) is 3.28. The number of aliphatic hydroxyl groups is 1. The molecule has 0 spiro atoms. The zero-order chi connectivity index (χ0) is 19.5. The quantitative estimate of drug-likeness (QED) is 0.688. The van der Waals surface area contributed by atoms with Crippen LogP contribution in [0.1, 0.15) is 11.4 Å². The van der Waals surface area contributed by atoms with E-state index in [9.17, 15) is 9.50 Å². The number of benzene rings is 1. The van der Waals surface area contributed by atoms with Crippen molar-refractivity contribution in [2.45, 2.75) is 6.42 Å². The summed E-state index contributed by atoms with van der Waals surface area (Å²) in [6.07, 6.45) is 0.969. The number of aliphatic hydroxyl groups excluding tert-OH is 1. The molecule has 28 heavy (non-hydrogen) atoms. The molecule has 2 aliphatic heterocycles. The number of morpholine rings is 1. The summed E-state index contributed by atoms with van der Waals surface area (Å²) in [5.41, 5.74) is 2.05. The van der Waals surface area contributed by atoms with E-state index in [1.165, 1.54) is 23.5 Å². The second-order valence-corrected chi connectivity index (χ2v) is 7.96. The van der Waals surface area contributed by atoms with Gasteiger partial charge in [-0.05, 0) is 24.3 Å². The third-order valence-corrected chi connectivity index (χ3v) is 6.06. The molecule has 2 aliphatic rings. The minimum atomic E-state index is -0.285. The van der Waals surface area contributed by atoms with E-state index >= 15 is 0 Å². The van der Waals surface area contributed by atoms with Gasteiger partial charge in [-0.15, -0.1) is 11.3 Å². The molecular weight excluding hydrogens is 379 g/mol. The van der Waals surface area contributed by atoms with Gasteiger partial charge in [0, 0.05) is 23.9 Å². The predicted molar refractivity (Wildman–Crippen MR) is 107 cm³/mol. The monoisotopic (exact) mass is 403 g/mol. The molecule has 0 radical (unpaired) electrons. The van der Waals surface area contributed by atoms with Gasteiger partial charge in [0.25, 0.3) is 0 Å². The Kier molecular flexibility index (Phi) is 5.70. The topological polar surface area (TPSA) is 73.9 Å². The van der Waals surface area contributed by atoms with Crippen LogP contribution in [-0.4, -0.2) is 66.8 Å². The van der Waals surface area contributed by atoms with Crippen LogP contribution >= 0.6 is 11.3 Å². The highest BCUT2D eigenvalue weighted by molar-refractivity contribution is 7.11. The molecule has 2 aromatic rings. The zero-order valence-corrected chi connectivity index (χ0v) is 16.4. The Morgan fingerprint density at radius 2 is 2.00 bits per heavy atom. The normalized spacial score (nSPS) is 18.3. The Labute approximate surface area is 167 Å². The zero-order valence-electron chi connectivity index (χ0n) is 15.6. The van der Waals surface area contributed by atoms with Crippen molar-refractivity contribution in [2.24, 2.45) is 0 Å². The average molecular weight is 404 g/mol. The molecule has 0 bridgehead atoms. The van der Waals surface area contributed by atoms with Crippen molar-refractivity contribution in [2.75, 3.05) is 45.9 Å². The maximum atomic E-state index is 13.1. The van der Waals surface area contributed by atoms with Gasteiger partial charge in [-0.2, -0.15) is 0 Å². The van der Waals surface area contributed by atoms with E-state index in [1.807, 2.05) is 10.3 Å². The molecule has 3 heterocycles. The van der Waals surface area contributed by atoms with E-state index in [-0.39, 0.29) is 11.6 Å². The van der Waals surface area contributed by atoms with Gasteiger partial charge in [0.15, 0.2) is 0 Å². The molecule has 3 N–H and O–H groups in total. The maximum absolute atomic E-state index is 13.1. The number of amidine groups is 1. The van der Waals surface area contributed by atoms with Crippen LogP contribution in [0.4, 0.5) is 4.39 Å². The Morgan fingerprint density at radius 1 is 1.25 bits per heavy atom. The minimum absolute atomic E-state index is 0.198. The fourth-order valence-electron chi connectivity index (χ4n) is 3.62. The van der Waals surface area contributed by atoms with Gasteiger partial charge in [-0.1, -0.05) is 0 Å². The largest absolute Gasteiger partial charge is 0.510 e. The lowest BCUT2D eigenvalue weighted by Gasteiger charge is -2.25. The van der Waals surface area contributed by atoms with Crippen LogP contribution in [0.3, 0.4) is 0 Å². The third kappa shape index (κ3) is 4.09. The lowest BCUT2D eigenvalue weighted by Crippen LogP contribution is -3.14. The van der Waals surface area contributed by atoms with Crippen LogP contribution in [0.15, 0.2) is 35.4 Å². The van der Waals surface area contributed by atoms with Crippen LogP contribution < -0.4 is 4.90 Å². The fourth-order valence-corrected chi connectivity index (χ4v) is 4.52. The smallest absolute Gasteiger partial charge is 0.135 e.